The molecule has 1 aromatic heterocycles. The van der Waals surface area contributed by atoms with Crippen molar-refractivity contribution < 1.29 is 14.5 Å². The molecule has 0 saturated heterocycles. The molecule has 0 spiro atoms. The van der Waals surface area contributed by atoms with Gasteiger partial charge in [-0.1, -0.05) is 28.1 Å². The number of nitrogens with one attached hydrogen (secondary N) is 1. The number of quaternary nitrogens is 1. The van der Waals surface area contributed by atoms with Crippen molar-refractivity contribution in [1.29, 1.82) is 0 Å². The summed E-state index contributed by atoms with van der Waals surface area (Å²) in [5.74, 6) is 0.896. The average molecular weight is 352 g/mol. The Hall–Kier alpha value is -1.59. The lowest BCUT2D eigenvalue weighted by molar-refractivity contribution is -0.684. The van der Waals surface area contributed by atoms with Gasteiger partial charge in [0.1, 0.15) is 6.04 Å². The molecule has 0 aliphatic rings. The van der Waals surface area contributed by atoms with Gasteiger partial charge in [-0.2, -0.15) is 0 Å². The topological polar surface area (TPSA) is 58.9 Å². The first kappa shape index (κ1) is 15.8. The Morgan fingerprint density at radius 3 is 2.62 bits per heavy atom. The molecule has 0 fully saturated rings. The minimum absolute atomic E-state index is 0.00193. The van der Waals surface area contributed by atoms with Gasteiger partial charge in [-0.25, -0.2) is 0 Å². The van der Waals surface area contributed by atoms with E-state index in [0.29, 0.717) is 6.54 Å². The fraction of sp³-hybridized carbons (Fsp3) is 0.312. The van der Waals surface area contributed by atoms with Crippen molar-refractivity contribution >= 4 is 21.8 Å². The Kier molecular flexibility index (Phi) is 5.59. The Bertz CT molecular complexity index is 566. The summed E-state index contributed by atoms with van der Waals surface area (Å²) in [6, 6.07) is 11.9. The molecule has 1 aromatic carbocycles. The van der Waals surface area contributed by atoms with Gasteiger partial charge in [0.2, 0.25) is 0 Å². The highest BCUT2D eigenvalue weighted by Crippen LogP contribution is 2.16. The molecule has 2 atom stereocenters. The SMILES string of the molecule is C[C@H](NC(=O)C[NH2+][C@@H](C)c1ccco1)c1ccc(Br)cc1. The summed E-state index contributed by atoms with van der Waals surface area (Å²) in [5, 5.41) is 4.96. The lowest BCUT2D eigenvalue weighted by Gasteiger charge is -2.15. The highest BCUT2D eigenvalue weighted by Gasteiger charge is 2.15. The summed E-state index contributed by atoms with van der Waals surface area (Å²) in [4.78, 5) is 12.0. The first-order valence-electron chi connectivity index (χ1n) is 6.98. The third kappa shape index (κ3) is 4.72. The van der Waals surface area contributed by atoms with Crippen LogP contribution in [0.15, 0.2) is 51.6 Å². The van der Waals surface area contributed by atoms with Crippen molar-refractivity contribution in [3.05, 3.63) is 58.5 Å². The van der Waals surface area contributed by atoms with Crippen LogP contribution in [0.2, 0.25) is 0 Å². The molecule has 0 saturated carbocycles. The molecule has 3 N–H and O–H groups in total. The van der Waals surface area contributed by atoms with E-state index in [4.69, 9.17) is 4.42 Å². The molecule has 0 aliphatic heterocycles. The van der Waals surface area contributed by atoms with E-state index in [1.54, 1.807) is 6.26 Å². The predicted molar refractivity (Wildman–Crippen MR) is 84.6 cm³/mol. The summed E-state index contributed by atoms with van der Waals surface area (Å²) >= 11 is 3.40. The normalized spacial score (nSPS) is 13.7. The van der Waals surface area contributed by atoms with Crippen LogP contribution in [0.5, 0.6) is 0 Å². The number of nitrogens with two attached hydrogens (primary N) is 1. The number of halogens is 1. The maximum Gasteiger partial charge on any atom is 0.275 e. The molecular formula is C16H20BrN2O2+. The molecule has 5 heteroatoms. The van der Waals surface area contributed by atoms with Crippen molar-refractivity contribution in [2.24, 2.45) is 0 Å². The van der Waals surface area contributed by atoms with E-state index < -0.39 is 0 Å². The summed E-state index contributed by atoms with van der Waals surface area (Å²) < 4.78 is 6.35. The molecular weight excluding hydrogens is 332 g/mol. The number of carbonyl (C=O) groups excluding carboxylic acids is 1. The number of benzene rings is 1. The number of amides is 1. The Labute approximate surface area is 133 Å². The summed E-state index contributed by atoms with van der Waals surface area (Å²) in [6.45, 7) is 4.38. The second-order valence-corrected chi connectivity index (χ2v) is 6.00. The van der Waals surface area contributed by atoms with E-state index in [2.05, 4.69) is 21.2 Å². The van der Waals surface area contributed by atoms with Gasteiger partial charge in [0.15, 0.2) is 12.3 Å². The van der Waals surface area contributed by atoms with Gasteiger partial charge in [-0.3, -0.25) is 4.79 Å². The lowest BCUT2D eigenvalue weighted by Crippen LogP contribution is -2.87. The largest absolute Gasteiger partial charge is 0.463 e. The van der Waals surface area contributed by atoms with Gasteiger partial charge < -0.3 is 15.1 Å². The van der Waals surface area contributed by atoms with Crippen LogP contribution in [0.25, 0.3) is 0 Å². The quantitative estimate of drug-likeness (QED) is 0.840. The van der Waals surface area contributed by atoms with Gasteiger partial charge in [0, 0.05) is 4.47 Å². The maximum atomic E-state index is 12.0. The molecule has 1 heterocycles. The number of carbonyl (C=O) groups is 1. The molecule has 0 bridgehead atoms. The zero-order valence-corrected chi connectivity index (χ0v) is 13.8. The van der Waals surface area contributed by atoms with Crippen LogP contribution in [0.4, 0.5) is 0 Å². The molecule has 1 amide bonds. The monoisotopic (exact) mass is 351 g/mol. The van der Waals surface area contributed by atoms with Crippen LogP contribution in [0.3, 0.4) is 0 Å². The first-order valence-corrected chi connectivity index (χ1v) is 7.77. The summed E-state index contributed by atoms with van der Waals surface area (Å²) in [6.07, 6.45) is 1.65. The van der Waals surface area contributed by atoms with Crippen LogP contribution in [-0.4, -0.2) is 12.5 Å². The maximum absolute atomic E-state index is 12.0. The van der Waals surface area contributed by atoms with Crippen LogP contribution in [0, 0.1) is 0 Å². The Morgan fingerprint density at radius 1 is 1.29 bits per heavy atom. The van der Waals surface area contributed by atoms with Crippen LogP contribution < -0.4 is 10.6 Å². The van der Waals surface area contributed by atoms with Gasteiger partial charge >= 0.3 is 0 Å². The van der Waals surface area contributed by atoms with Crippen molar-refractivity contribution in [2.75, 3.05) is 6.54 Å². The van der Waals surface area contributed by atoms with Crippen molar-refractivity contribution in [3.63, 3.8) is 0 Å². The van der Waals surface area contributed by atoms with Crippen LogP contribution in [0.1, 0.15) is 37.3 Å². The van der Waals surface area contributed by atoms with E-state index in [-0.39, 0.29) is 18.0 Å². The Morgan fingerprint density at radius 2 is 2.00 bits per heavy atom. The zero-order valence-electron chi connectivity index (χ0n) is 12.2. The van der Waals surface area contributed by atoms with E-state index in [0.717, 1.165) is 15.8 Å². The molecule has 21 heavy (non-hydrogen) atoms. The Balaban J connectivity index is 1.80. The van der Waals surface area contributed by atoms with Gasteiger partial charge in [0.25, 0.3) is 5.91 Å². The fourth-order valence-corrected chi connectivity index (χ4v) is 2.35. The highest BCUT2D eigenvalue weighted by atomic mass is 79.9. The number of hydrogen-bond donors (Lipinski definition) is 2. The van der Waals surface area contributed by atoms with E-state index in [9.17, 15) is 4.79 Å². The van der Waals surface area contributed by atoms with Crippen molar-refractivity contribution in [1.82, 2.24) is 5.32 Å². The number of furan rings is 1. The summed E-state index contributed by atoms with van der Waals surface area (Å²) in [5.41, 5.74) is 1.09. The fourth-order valence-electron chi connectivity index (χ4n) is 2.09. The van der Waals surface area contributed by atoms with Crippen LogP contribution >= 0.6 is 15.9 Å². The molecule has 2 rings (SSSR count). The van der Waals surface area contributed by atoms with Gasteiger partial charge in [-0.05, 0) is 43.7 Å². The summed E-state index contributed by atoms with van der Waals surface area (Å²) in [7, 11) is 0. The molecule has 0 radical (unpaired) electrons. The van der Waals surface area contributed by atoms with Gasteiger partial charge in [-0.15, -0.1) is 0 Å². The third-order valence-corrected chi connectivity index (χ3v) is 3.92. The first-order chi connectivity index (χ1) is 10.1. The minimum Gasteiger partial charge on any atom is -0.463 e. The molecule has 2 aromatic rings. The van der Waals surface area contributed by atoms with Gasteiger partial charge in [0.05, 0.1) is 12.3 Å². The van der Waals surface area contributed by atoms with Crippen molar-refractivity contribution in [2.45, 2.75) is 25.9 Å². The zero-order chi connectivity index (χ0) is 15.2. The van der Waals surface area contributed by atoms with E-state index >= 15 is 0 Å². The molecule has 0 unspecified atom stereocenters. The standard InChI is InChI=1S/C16H19BrN2O2/c1-11(13-5-7-14(17)8-6-13)19-16(20)10-18-12(2)15-4-3-9-21-15/h3-9,11-12,18H,10H2,1-2H3,(H,19,20)/p+1/t11-,12-/m0/s1. The second-order valence-electron chi connectivity index (χ2n) is 5.08. The second kappa shape index (κ2) is 7.43. The lowest BCUT2D eigenvalue weighted by atomic mass is 10.1. The predicted octanol–water partition coefficient (Wildman–Crippen LogP) is 2.54. The number of rotatable bonds is 6. The average Bonchev–Trinajstić information content (AvgIpc) is 2.99. The highest BCUT2D eigenvalue weighted by molar-refractivity contribution is 9.10. The van der Waals surface area contributed by atoms with Crippen molar-refractivity contribution in [3.8, 4) is 0 Å². The molecule has 4 nitrogen and oxygen atoms in total. The minimum atomic E-state index is -0.00193. The smallest absolute Gasteiger partial charge is 0.275 e. The number of hydrogen-bond acceptors (Lipinski definition) is 2. The molecule has 112 valence electrons. The third-order valence-electron chi connectivity index (χ3n) is 3.40. The van der Waals surface area contributed by atoms with E-state index in [1.165, 1.54) is 0 Å². The van der Waals surface area contributed by atoms with Crippen LogP contribution in [-0.2, 0) is 4.79 Å². The molecule has 0 aliphatic carbocycles. The van der Waals surface area contributed by atoms with E-state index in [1.807, 2.05) is 55.6 Å².